The van der Waals surface area contributed by atoms with Gasteiger partial charge in [-0.25, -0.2) is 15.2 Å². The minimum Gasteiger partial charge on any atom is -0.399 e. The van der Waals surface area contributed by atoms with Crippen molar-refractivity contribution < 1.29 is 9.72 Å². The number of allylic oxidation sites excluding steroid dienone is 1. The number of nitrogen functional groups attached to an aromatic ring is 1. The smallest absolute Gasteiger partial charge is 0.335 e. The highest BCUT2D eigenvalue weighted by Crippen LogP contribution is 2.44. The summed E-state index contributed by atoms with van der Waals surface area (Å²) in [5.74, 6) is 0. The number of nitrogens with two attached hydrogens (primary N) is 1. The Balaban J connectivity index is 2.15. The first-order valence-corrected chi connectivity index (χ1v) is 11.4. The summed E-state index contributed by atoms with van der Waals surface area (Å²) in [5, 5.41) is 16.2. The largest absolute Gasteiger partial charge is 0.399 e. The van der Waals surface area contributed by atoms with Crippen LogP contribution in [0.2, 0.25) is 5.02 Å². The number of urea groups is 1. The number of hydrogen-bond donors (Lipinski definition) is 3. The van der Waals surface area contributed by atoms with E-state index in [1.807, 2.05) is 50.3 Å². The second-order valence-corrected chi connectivity index (χ2v) is 9.04. The van der Waals surface area contributed by atoms with Crippen LogP contribution >= 0.6 is 11.6 Å². The number of fused-ring (bicyclic) bond motifs is 1. The predicted molar refractivity (Wildman–Crippen MR) is 138 cm³/mol. The molecule has 0 saturated heterocycles. The van der Waals surface area contributed by atoms with Crippen LogP contribution in [0, 0.1) is 24.0 Å². The summed E-state index contributed by atoms with van der Waals surface area (Å²) in [6.07, 6.45) is 1.90. The molecule has 0 fully saturated rings. The van der Waals surface area contributed by atoms with Crippen molar-refractivity contribution in [1.82, 2.24) is 15.8 Å². The van der Waals surface area contributed by atoms with E-state index < -0.39 is 10.5 Å². The maximum atomic E-state index is 13.0. The van der Waals surface area contributed by atoms with Gasteiger partial charge in [0, 0.05) is 35.1 Å². The van der Waals surface area contributed by atoms with E-state index in [1.165, 1.54) is 11.1 Å². The summed E-state index contributed by atoms with van der Waals surface area (Å²) >= 11 is 6.50. The molecule has 0 bridgehead atoms. The number of hydrogen-bond acceptors (Lipinski definition) is 5. The van der Waals surface area contributed by atoms with Gasteiger partial charge in [-0.05, 0) is 85.0 Å². The van der Waals surface area contributed by atoms with Gasteiger partial charge in [0.2, 0.25) is 0 Å². The first kappa shape index (κ1) is 24.3. The number of halogens is 1. The van der Waals surface area contributed by atoms with Crippen LogP contribution in [-0.2, 0) is 5.54 Å². The van der Waals surface area contributed by atoms with E-state index in [4.69, 9.17) is 17.3 Å². The quantitative estimate of drug-likeness (QED) is 0.263. The van der Waals surface area contributed by atoms with Gasteiger partial charge in [0.15, 0.2) is 0 Å². The van der Waals surface area contributed by atoms with Crippen LogP contribution < -0.4 is 16.5 Å². The number of rotatable bonds is 3. The van der Waals surface area contributed by atoms with E-state index in [0.717, 1.165) is 22.3 Å². The molecule has 180 valence electrons. The minimum atomic E-state index is -1.14. The van der Waals surface area contributed by atoms with Crippen molar-refractivity contribution in [2.45, 2.75) is 26.3 Å². The van der Waals surface area contributed by atoms with Crippen molar-refractivity contribution in [3.8, 4) is 0 Å². The van der Waals surface area contributed by atoms with E-state index in [1.54, 1.807) is 32.2 Å². The molecule has 2 amide bonds. The Morgan fingerprint density at radius 3 is 2.31 bits per heavy atom. The molecule has 4 rings (SSSR count). The van der Waals surface area contributed by atoms with Crippen molar-refractivity contribution in [1.29, 1.82) is 0 Å². The molecule has 0 saturated carbocycles. The van der Waals surface area contributed by atoms with Crippen LogP contribution in [0.1, 0.15) is 40.3 Å². The molecule has 0 aromatic heterocycles. The molecule has 1 heterocycles. The second-order valence-electron chi connectivity index (χ2n) is 8.60. The highest BCUT2D eigenvalue weighted by atomic mass is 35.5. The van der Waals surface area contributed by atoms with E-state index in [2.05, 4.69) is 10.7 Å². The van der Waals surface area contributed by atoms with Crippen molar-refractivity contribution in [3.05, 3.63) is 109 Å². The fourth-order valence-corrected chi connectivity index (χ4v) is 4.69. The Bertz CT molecular complexity index is 1390. The SMILES string of the molecule is CNC(=O)N1NC(c2ccc(N)c(C)c2)(c2ccc([N+](=O)[O-])c(C)c2)c2cc(Cl)ccc2C=C1C. The highest BCUT2D eigenvalue weighted by molar-refractivity contribution is 6.30. The Hall–Kier alpha value is -3.88. The van der Waals surface area contributed by atoms with Gasteiger partial charge in [-0.2, -0.15) is 0 Å². The monoisotopic (exact) mass is 491 g/mol. The molecule has 0 radical (unpaired) electrons. The Labute approximate surface area is 208 Å². The molecule has 3 aromatic carbocycles. The third-order valence-corrected chi connectivity index (χ3v) is 6.60. The molecule has 0 spiro atoms. The molecule has 0 aliphatic carbocycles. The standard InChI is InChI=1S/C26H26ClN5O3/c1-15-11-19(6-9-23(15)28)26(20-7-10-24(32(34)35)16(2)12-20)22-14-21(27)8-5-18(22)13-17(3)31(30-26)25(33)29-4/h5-14,30H,28H2,1-4H3,(H,29,33). The minimum absolute atomic E-state index is 0.00906. The van der Waals surface area contributed by atoms with Gasteiger partial charge >= 0.3 is 6.03 Å². The lowest BCUT2D eigenvalue weighted by molar-refractivity contribution is -0.385. The molecule has 9 heteroatoms. The summed E-state index contributed by atoms with van der Waals surface area (Å²) in [7, 11) is 1.55. The Morgan fingerprint density at radius 1 is 1.06 bits per heavy atom. The van der Waals surface area contributed by atoms with Gasteiger partial charge in [-0.15, -0.1) is 0 Å². The highest BCUT2D eigenvalue weighted by Gasteiger charge is 2.43. The number of hydrazine groups is 1. The van der Waals surface area contributed by atoms with E-state index >= 15 is 0 Å². The molecule has 1 atom stereocenters. The van der Waals surface area contributed by atoms with Gasteiger partial charge in [0.05, 0.1) is 4.92 Å². The number of carbonyl (C=O) groups is 1. The average molecular weight is 492 g/mol. The van der Waals surface area contributed by atoms with Crippen LogP contribution in [0.25, 0.3) is 6.08 Å². The molecule has 1 aliphatic heterocycles. The Morgan fingerprint density at radius 2 is 1.71 bits per heavy atom. The summed E-state index contributed by atoms with van der Waals surface area (Å²) in [5.41, 5.74) is 14.2. The van der Waals surface area contributed by atoms with Gasteiger partial charge in [0.1, 0.15) is 5.54 Å². The van der Waals surface area contributed by atoms with Crippen LogP contribution in [0.4, 0.5) is 16.2 Å². The average Bonchev–Trinajstić information content (AvgIpc) is 2.94. The zero-order chi connectivity index (χ0) is 25.5. The van der Waals surface area contributed by atoms with Crippen LogP contribution in [-0.4, -0.2) is 23.0 Å². The molecule has 4 N–H and O–H groups in total. The maximum absolute atomic E-state index is 13.0. The van der Waals surface area contributed by atoms with Crippen LogP contribution in [0.3, 0.4) is 0 Å². The lowest BCUT2D eigenvalue weighted by Gasteiger charge is -2.40. The van der Waals surface area contributed by atoms with Crippen molar-refractivity contribution >= 4 is 35.1 Å². The predicted octanol–water partition coefficient (Wildman–Crippen LogP) is 5.26. The molecular formula is C26H26ClN5O3. The van der Waals surface area contributed by atoms with Gasteiger partial charge in [-0.1, -0.05) is 29.8 Å². The second kappa shape index (κ2) is 9.05. The van der Waals surface area contributed by atoms with Gasteiger partial charge in [0.25, 0.3) is 5.69 Å². The summed E-state index contributed by atoms with van der Waals surface area (Å²) in [4.78, 5) is 24.1. The number of anilines is 1. The molecule has 3 aromatic rings. The molecule has 35 heavy (non-hydrogen) atoms. The fourth-order valence-electron chi connectivity index (χ4n) is 4.52. The summed E-state index contributed by atoms with van der Waals surface area (Å²) < 4.78 is 0. The van der Waals surface area contributed by atoms with E-state index in [0.29, 0.717) is 27.5 Å². The molecule has 1 unspecified atom stereocenters. The Kier molecular flexibility index (Phi) is 6.27. The fraction of sp³-hybridized carbons (Fsp3) is 0.192. The van der Waals surface area contributed by atoms with Crippen LogP contribution in [0.5, 0.6) is 0 Å². The lowest BCUT2D eigenvalue weighted by Crippen LogP contribution is -2.56. The molecule has 1 aliphatic rings. The zero-order valence-electron chi connectivity index (χ0n) is 19.8. The molecular weight excluding hydrogens is 466 g/mol. The van der Waals surface area contributed by atoms with E-state index in [9.17, 15) is 14.9 Å². The third-order valence-electron chi connectivity index (χ3n) is 6.36. The van der Waals surface area contributed by atoms with Crippen molar-refractivity contribution in [3.63, 3.8) is 0 Å². The number of nitrogens with zero attached hydrogens (tertiary/aromatic N) is 2. The normalized spacial score (nSPS) is 17.3. The number of carbonyl (C=O) groups excluding carboxylic acids is 1. The lowest BCUT2D eigenvalue weighted by atomic mass is 9.75. The number of nitro benzene ring substituents is 1. The topological polar surface area (TPSA) is 114 Å². The third kappa shape index (κ3) is 4.11. The number of benzene rings is 3. The number of amides is 2. The van der Waals surface area contributed by atoms with Crippen LogP contribution in [0.15, 0.2) is 60.3 Å². The van der Waals surface area contributed by atoms with Gasteiger partial charge in [-0.3, -0.25) is 10.1 Å². The number of nitro groups is 1. The first-order valence-electron chi connectivity index (χ1n) is 11.0. The molecule has 8 nitrogen and oxygen atoms in total. The van der Waals surface area contributed by atoms with Gasteiger partial charge < -0.3 is 11.1 Å². The summed E-state index contributed by atoms with van der Waals surface area (Å²) in [6, 6.07) is 15.8. The summed E-state index contributed by atoms with van der Waals surface area (Å²) in [6.45, 7) is 5.43. The first-order chi connectivity index (χ1) is 16.6. The van der Waals surface area contributed by atoms with Crippen molar-refractivity contribution in [2.24, 2.45) is 0 Å². The zero-order valence-corrected chi connectivity index (χ0v) is 20.6. The maximum Gasteiger partial charge on any atom is 0.335 e. The number of aryl methyl sites for hydroxylation is 2. The van der Waals surface area contributed by atoms with Crippen molar-refractivity contribution in [2.75, 3.05) is 12.8 Å². The van der Waals surface area contributed by atoms with E-state index in [-0.39, 0.29) is 11.7 Å². The number of nitrogens with one attached hydrogen (secondary N) is 2.